The molecule has 0 fully saturated rings. The normalized spacial score (nSPS) is 9.81. The zero-order valence-corrected chi connectivity index (χ0v) is 13.8. The van der Waals surface area contributed by atoms with Gasteiger partial charge in [0, 0.05) is 11.9 Å². The summed E-state index contributed by atoms with van der Waals surface area (Å²) in [6.45, 7) is 4.49. The van der Waals surface area contributed by atoms with Gasteiger partial charge in [-0.05, 0) is 25.7 Å². The maximum Gasteiger partial charge on any atom is 0.0414 e. The standard InChI is InChI=1S/C10H18O4.C7H16/c11-9(12)7-5-3-1-2-4-6-8-10(13)14;1-3-5-7-6-4-2/h1-8H2,(H,11,12)(H,13,14);3-7H2,1-2H3/p-2. The summed E-state index contributed by atoms with van der Waals surface area (Å²) >= 11 is 0. The summed E-state index contributed by atoms with van der Waals surface area (Å²) in [6.07, 6.45) is 12.2. The van der Waals surface area contributed by atoms with Crippen LogP contribution in [-0.4, -0.2) is 11.9 Å². The summed E-state index contributed by atoms with van der Waals surface area (Å²) in [6, 6.07) is 0. The van der Waals surface area contributed by atoms with E-state index in [0.717, 1.165) is 25.7 Å². The Balaban J connectivity index is 0. The molecule has 0 atom stereocenters. The predicted octanol–water partition coefficient (Wildman–Crippen LogP) is 2.58. The minimum Gasteiger partial charge on any atom is -0.550 e. The van der Waals surface area contributed by atoms with Gasteiger partial charge >= 0.3 is 0 Å². The van der Waals surface area contributed by atoms with Crippen LogP contribution < -0.4 is 10.2 Å². The molecule has 0 aromatic heterocycles. The second-order valence-corrected chi connectivity index (χ2v) is 5.43. The maximum absolute atomic E-state index is 10.0. The third-order valence-corrected chi connectivity index (χ3v) is 3.22. The van der Waals surface area contributed by atoms with Gasteiger partial charge in [-0.25, -0.2) is 0 Å². The predicted molar refractivity (Wildman–Crippen MR) is 81.4 cm³/mol. The van der Waals surface area contributed by atoms with Gasteiger partial charge in [-0.3, -0.25) is 0 Å². The fraction of sp³-hybridized carbons (Fsp3) is 0.882. The van der Waals surface area contributed by atoms with Crippen LogP contribution in [-0.2, 0) is 9.59 Å². The Morgan fingerprint density at radius 2 is 0.857 bits per heavy atom. The van der Waals surface area contributed by atoms with Crippen LogP contribution in [0.25, 0.3) is 0 Å². The summed E-state index contributed by atoms with van der Waals surface area (Å²) in [4.78, 5) is 20.1. The van der Waals surface area contributed by atoms with Crippen LogP contribution in [0.5, 0.6) is 0 Å². The van der Waals surface area contributed by atoms with E-state index in [2.05, 4.69) is 13.8 Å². The van der Waals surface area contributed by atoms with Gasteiger partial charge < -0.3 is 19.8 Å². The minimum atomic E-state index is -0.998. The van der Waals surface area contributed by atoms with Crippen molar-refractivity contribution >= 4 is 11.9 Å². The Labute approximate surface area is 129 Å². The second kappa shape index (κ2) is 18.9. The summed E-state index contributed by atoms with van der Waals surface area (Å²) in [5.41, 5.74) is 0. The number of rotatable bonds is 13. The van der Waals surface area contributed by atoms with Gasteiger partial charge in [-0.1, -0.05) is 71.6 Å². The largest absolute Gasteiger partial charge is 0.550 e. The molecule has 0 rings (SSSR count). The lowest BCUT2D eigenvalue weighted by atomic mass is 10.1. The molecule has 4 heteroatoms. The van der Waals surface area contributed by atoms with Gasteiger partial charge in [0.2, 0.25) is 0 Å². The van der Waals surface area contributed by atoms with E-state index in [1.165, 1.54) is 32.1 Å². The van der Waals surface area contributed by atoms with Crippen molar-refractivity contribution in [3.63, 3.8) is 0 Å². The van der Waals surface area contributed by atoms with Gasteiger partial charge in [-0.2, -0.15) is 0 Å². The highest BCUT2D eigenvalue weighted by atomic mass is 16.4. The van der Waals surface area contributed by atoms with Crippen molar-refractivity contribution in [3.05, 3.63) is 0 Å². The first kappa shape index (κ1) is 22.2. The molecule has 0 amide bonds. The van der Waals surface area contributed by atoms with Crippen LogP contribution in [0.2, 0.25) is 0 Å². The number of hydrogen-bond acceptors (Lipinski definition) is 4. The van der Waals surface area contributed by atoms with Crippen LogP contribution >= 0.6 is 0 Å². The topological polar surface area (TPSA) is 80.3 Å². The van der Waals surface area contributed by atoms with Gasteiger partial charge in [0.15, 0.2) is 0 Å². The first-order chi connectivity index (χ1) is 10.0. The molecule has 0 saturated heterocycles. The van der Waals surface area contributed by atoms with Crippen molar-refractivity contribution in [2.45, 2.75) is 97.3 Å². The molecule has 0 radical (unpaired) electrons. The summed E-state index contributed by atoms with van der Waals surface area (Å²) < 4.78 is 0. The monoisotopic (exact) mass is 300 g/mol. The molecule has 0 aromatic carbocycles. The van der Waals surface area contributed by atoms with Crippen LogP contribution in [0, 0.1) is 0 Å². The van der Waals surface area contributed by atoms with Gasteiger partial charge in [0.25, 0.3) is 0 Å². The molecule has 0 aromatic rings. The van der Waals surface area contributed by atoms with Crippen molar-refractivity contribution < 1.29 is 19.8 Å². The Bertz CT molecular complexity index is 215. The number of unbranched alkanes of at least 4 members (excludes halogenated alkanes) is 9. The number of aliphatic carboxylic acids is 2. The average molecular weight is 300 g/mol. The quantitative estimate of drug-likeness (QED) is 0.490. The molecule has 0 bridgehead atoms. The van der Waals surface area contributed by atoms with Gasteiger partial charge in [0.05, 0.1) is 0 Å². The lowest BCUT2D eigenvalue weighted by Gasteiger charge is -2.03. The zero-order valence-electron chi connectivity index (χ0n) is 13.8. The van der Waals surface area contributed by atoms with E-state index in [-0.39, 0.29) is 12.8 Å². The van der Waals surface area contributed by atoms with Crippen molar-refractivity contribution in [3.8, 4) is 0 Å². The Hall–Kier alpha value is -1.06. The fourth-order valence-electron chi connectivity index (χ4n) is 1.92. The molecule has 21 heavy (non-hydrogen) atoms. The van der Waals surface area contributed by atoms with E-state index in [9.17, 15) is 19.8 Å². The molecule has 0 N–H and O–H groups in total. The molecule has 126 valence electrons. The lowest BCUT2D eigenvalue weighted by molar-refractivity contribution is -0.307. The van der Waals surface area contributed by atoms with Crippen LogP contribution in [0.3, 0.4) is 0 Å². The Morgan fingerprint density at radius 1 is 0.571 bits per heavy atom. The molecule has 0 spiro atoms. The van der Waals surface area contributed by atoms with Crippen LogP contribution in [0.15, 0.2) is 0 Å². The molecule has 0 aliphatic rings. The number of hydrogen-bond donors (Lipinski definition) is 0. The third-order valence-electron chi connectivity index (χ3n) is 3.22. The van der Waals surface area contributed by atoms with E-state index in [4.69, 9.17) is 0 Å². The molecular weight excluding hydrogens is 268 g/mol. The van der Waals surface area contributed by atoms with E-state index >= 15 is 0 Å². The number of carboxylic acids is 2. The highest BCUT2D eigenvalue weighted by Gasteiger charge is 1.92. The smallest absolute Gasteiger partial charge is 0.0414 e. The van der Waals surface area contributed by atoms with E-state index in [0.29, 0.717) is 12.8 Å². The zero-order chi connectivity index (χ0) is 16.3. The molecule has 0 aliphatic carbocycles. The van der Waals surface area contributed by atoms with Gasteiger partial charge in [-0.15, -0.1) is 0 Å². The molecule has 0 aliphatic heterocycles. The Morgan fingerprint density at radius 3 is 1.14 bits per heavy atom. The van der Waals surface area contributed by atoms with Crippen molar-refractivity contribution in [2.24, 2.45) is 0 Å². The molecular formula is C17H32O4-2. The SMILES string of the molecule is CCCCCCC.O=C([O-])CCCCCCCCC(=O)[O-]. The van der Waals surface area contributed by atoms with Crippen LogP contribution in [0.4, 0.5) is 0 Å². The Kier molecular flexibility index (Phi) is 20.0. The molecule has 0 unspecified atom stereocenters. The lowest BCUT2D eigenvalue weighted by Crippen LogP contribution is -2.21. The first-order valence-electron chi connectivity index (χ1n) is 8.44. The van der Waals surface area contributed by atoms with Crippen molar-refractivity contribution in [1.29, 1.82) is 0 Å². The highest BCUT2D eigenvalue weighted by Crippen LogP contribution is 2.07. The summed E-state index contributed by atoms with van der Waals surface area (Å²) in [7, 11) is 0. The maximum atomic E-state index is 10.0. The van der Waals surface area contributed by atoms with Crippen molar-refractivity contribution in [2.75, 3.05) is 0 Å². The van der Waals surface area contributed by atoms with E-state index in [1.807, 2.05) is 0 Å². The third kappa shape index (κ3) is 28.0. The molecule has 0 heterocycles. The van der Waals surface area contributed by atoms with E-state index in [1.54, 1.807) is 0 Å². The van der Waals surface area contributed by atoms with Crippen LogP contribution in [0.1, 0.15) is 97.3 Å². The van der Waals surface area contributed by atoms with Gasteiger partial charge in [0.1, 0.15) is 0 Å². The highest BCUT2D eigenvalue weighted by molar-refractivity contribution is 5.64. The molecule has 0 saturated carbocycles. The number of carbonyl (C=O) groups is 2. The van der Waals surface area contributed by atoms with Crippen molar-refractivity contribution in [1.82, 2.24) is 0 Å². The molecule has 4 nitrogen and oxygen atoms in total. The fourth-order valence-corrected chi connectivity index (χ4v) is 1.92. The number of carboxylic acid groups (broad SMARTS) is 2. The summed E-state index contributed by atoms with van der Waals surface area (Å²) in [5.74, 6) is -2.00. The van der Waals surface area contributed by atoms with E-state index < -0.39 is 11.9 Å². The average Bonchev–Trinajstić information content (AvgIpc) is 2.42. The minimum absolute atomic E-state index is 0.124. The number of carbonyl (C=O) groups excluding carboxylic acids is 2. The first-order valence-corrected chi connectivity index (χ1v) is 8.44. The summed E-state index contributed by atoms with van der Waals surface area (Å²) in [5, 5.41) is 20.1. The second-order valence-electron chi connectivity index (χ2n) is 5.43.